The number of nitrogens with one attached hydrogen (secondary N) is 2. The second-order valence-corrected chi connectivity index (χ2v) is 5.44. The van der Waals surface area contributed by atoms with Crippen molar-refractivity contribution in [2.24, 2.45) is 0 Å². The Labute approximate surface area is 106 Å². The molecule has 1 fully saturated rings. The number of imidazole rings is 1. The van der Waals surface area contributed by atoms with E-state index in [4.69, 9.17) is 0 Å². The van der Waals surface area contributed by atoms with Gasteiger partial charge in [-0.25, -0.2) is 4.98 Å². The molecular formula is C13H17N3O2. The molecule has 0 radical (unpaired) electrons. The average Bonchev–Trinajstić information content (AvgIpc) is 2.71. The van der Waals surface area contributed by atoms with E-state index in [1.54, 1.807) is 12.4 Å². The summed E-state index contributed by atoms with van der Waals surface area (Å²) in [6, 6.07) is 0. The molecule has 0 aliphatic carbocycles. The smallest absolute Gasteiger partial charge is 0.224 e. The van der Waals surface area contributed by atoms with Crippen molar-refractivity contribution in [3.8, 4) is 0 Å². The molecule has 2 N–H and O–H groups in total. The van der Waals surface area contributed by atoms with Gasteiger partial charge in [-0.05, 0) is 6.08 Å². The van der Waals surface area contributed by atoms with Crippen LogP contribution in [0.25, 0.3) is 6.08 Å². The number of H-pyrrole nitrogens is 1. The molecule has 0 bridgehead atoms. The van der Waals surface area contributed by atoms with Gasteiger partial charge >= 0.3 is 0 Å². The number of Topliss-reactive ketones (excluding diaryl/α,β-unsaturated/α-hetero) is 1. The molecule has 1 aliphatic rings. The monoisotopic (exact) mass is 247 g/mol. The number of rotatable bonds is 1. The van der Waals surface area contributed by atoms with Gasteiger partial charge in [0.05, 0.1) is 17.7 Å². The number of hydrogen-bond donors (Lipinski definition) is 2. The van der Waals surface area contributed by atoms with E-state index < -0.39 is 0 Å². The van der Waals surface area contributed by atoms with Gasteiger partial charge < -0.3 is 10.3 Å². The predicted octanol–water partition coefficient (Wildman–Crippen LogP) is 1.53. The van der Waals surface area contributed by atoms with Crippen LogP contribution in [0, 0.1) is 0 Å². The van der Waals surface area contributed by atoms with Crippen LogP contribution in [0.1, 0.15) is 45.0 Å². The Kier molecular flexibility index (Phi) is 3.07. The van der Waals surface area contributed by atoms with Crippen LogP contribution in [0.3, 0.4) is 0 Å². The van der Waals surface area contributed by atoms with Crippen LogP contribution >= 0.6 is 0 Å². The minimum atomic E-state index is -0.117. The van der Waals surface area contributed by atoms with Crippen molar-refractivity contribution in [1.82, 2.24) is 15.3 Å². The molecule has 18 heavy (non-hydrogen) atoms. The molecule has 1 aliphatic heterocycles. The summed E-state index contributed by atoms with van der Waals surface area (Å²) in [5.74, 6) is -0.161. The first-order chi connectivity index (χ1) is 8.38. The highest BCUT2D eigenvalue weighted by Gasteiger charge is 2.23. The number of aromatic nitrogens is 2. The second-order valence-electron chi connectivity index (χ2n) is 5.44. The molecule has 1 aromatic heterocycles. The molecule has 0 atom stereocenters. The van der Waals surface area contributed by atoms with Crippen LogP contribution in [0.4, 0.5) is 0 Å². The highest BCUT2D eigenvalue weighted by atomic mass is 16.2. The minimum absolute atomic E-state index is 0.0440. The lowest BCUT2D eigenvalue weighted by atomic mass is 9.90. The fraction of sp³-hybridized carbons (Fsp3) is 0.462. The lowest BCUT2D eigenvalue weighted by Crippen LogP contribution is -2.32. The third kappa shape index (κ3) is 2.50. The zero-order valence-electron chi connectivity index (χ0n) is 10.8. The third-order valence-corrected chi connectivity index (χ3v) is 2.85. The largest absolute Gasteiger partial charge is 0.348 e. The topological polar surface area (TPSA) is 74.8 Å². The van der Waals surface area contributed by atoms with E-state index in [-0.39, 0.29) is 29.9 Å². The van der Waals surface area contributed by atoms with Crippen molar-refractivity contribution in [2.75, 3.05) is 0 Å². The Morgan fingerprint density at radius 2 is 2.00 bits per heavy atom. The molecule has 0 spiro atoms. The van der Waals surface area contributed by atoms with E-state index in [1.807, 2.05) is 0 Å². The molecule has 5 heteroatoms. The quantitative estimate of drug-likeness (QED) is 0.739. The first-order valence-electron chi connectivity index (χ1n) is 5.96. The average molecular weight is 247 g/mol. The number of ketones is 1. The molecule has 0 unspecified atom stereocenters. The Hall–Kier alpha value is -1.91. The van der Waals surface area contributed by atoms with Crippen molar-refractivity contribution < 1.29 is 9.59 Å². The number of aromatic amines is 1. The van der Waals surface area contributed by atoms with Crippen molar-refractivity contribution in [1.29, 1.82) is 0 Å². The van der Waals surface area contributed by atoms with Gasteiger partial charge in [-0.15, -0.1) is 0 Å². The zero-order valence-corrected chi connectivity index (χ0v) is 10.8. The van der Waals surface area contributed by atoms with Gasteiger partial charge in [0.25, 0.3) is 0 Å². The number of amides is 1. The fourth-order valence-electron chi connectivity index (χ4n) is 1.91. The molecule has 0 saturated carbocycles. The van der Waals surface area contributed by atoms with Crippen LogP contribution in [0.2, 0.25) is 0 Å². The molecule has 96 valence electrons. The van der Waals surface area contributed by atoms with Gasteiger partial charge in [0.2, 0.25) is 5.91 Å². The number of allylic oxidation sites excluding steroid dienone is 1. The van der Waals surface area contributed by atoms with E-state index in [0.717, 1.165) is 5.69 Å². The number of carbonyl (C=O) groups is 2. The summed E-state index contributed by atoms with van der Waals surface area (Å²) in [6.07, 6.45) is 3.79. The Balaban J connectivity index is 2.35. The van der Waals surface area contributed by atoms with E-state index >= 15 is 0 Å². The minimum Gasteiger partial charge on any atom is -0.348 e. The molecule has 1 amide bonds. The summed E-state index contributed by atoms with van der Waals surface area (Å²) < 4.78 is 0. The fourth-order valence-corrected chi connectivity index (χ4v) is 1.91. The number of carbonyl (C=O) groups excluding carboxylic acids is 2. The number of hydrogen-bond acceptors (Lipinski definition) is 3. The molecule has 0 aromatic carbocycles. The molecular weight excluding hydrogens is 230 g/mol. The van der Waals surface area contributed by atoms with Crippen molar-refractivity contribution in [2.45, 2.75) is 39.0 Å². The summed E-state index contributed by atoms with van der Waals surface area (Å²) in [5.41, 5.74) is 1.89. The van der Waals surface area contributed by atoms with Crippen molar-refractivity contribution in [3.05, 3.63) is 23.4 Å². The van der Waals surface area contributed by atoms with Crippen LogP contribution in [0.5, 0.6) is 0 Å². The highest BCUT2D eigenvalue weighted by Crippen LogP contribution is 2.24. The van der Waals surface area contributed by atoms with E-state index in [2.05, 4.69) is 36.1 Å². The van der Waals surface area contributed by atoms with Gasteiger partial charge in [-0.1, -0.05) is 20.8 Å². The number of piperidine rings is 1. The molecule has 2 heterocycles. The summed E-state index contributed by atoms with van der Waals surface area (Å²) in [4.78, 5) is 30.3. The maximum Gasteiger partial charge on any atom is 0.224 e. The maximum atomic E-state index is 11.7. The van der Waals surface area contributed by atoms with Gasteiger partial charge in [0, 0.05) is 24.0 Å². The first kappa shape index (κ1) is 12.5. The van der Waals surface area contributed by atoms with E-state index in [9.17, 15) is 9.59 Å². The Morgan fingerprint density at radius 3 is 2.67 bits per heavy atom. The lowest BCUT2D eigenvalue weighted by Gasteiger charge is -2.18. The van der Waals surface area contributed by atoms with Gasteiger partial charge in [-0.3, -0.25) is 9.59 Å². The lowest BCUT2D eigenvalue weighted by molar-refractivity contribution is -0.127. The van der Waals surface area contributed by atoms with Gasteiger partial charge in [-0.2, -0.15) is 0 Å². The Bertz CT molecular complexity index is 521. The highest BCUT2D eigenvalue weighted by molar-refractivity contribution is 6.06. The van der Waals surface area contributed by atoms with Crippen LogP contribution < -0.4 is 5.32 Å². The molecule has 5 nitrogen and oxygen atoms in total. The molecule has 1 saturated heterocycles. The van der Waals surface area contributed by atoms with Crippen LogP contribution in [-0.4, -0.2) is 21.7 Å². The SMILES string of the molecule is CC(C)(C)c1[nH]cnc1/C=C1\NC(=O)CCC1=O. The number of nitrogens with zero attached hydrogens (tertiary/aromatic N) is 1. The predicted molar refractivity (Wildman–Crippen MR) is 67.6 cm³/mol. The molecule has 1 aromatic rings. The van der Waals surface area contributed by atoms with Crippen molar-refractivity contribution in [3.63, 3.8) is 0 Å². The summed E-state index contributed by atoms with van der Waals surface area (Å²) in [5, 5.41) is 2.60. The van der Waals surface area contributed by atoms with Gasteiger partial charge in [0.1, 0.15) is 0 Å². The summed E-state index contributed by atoms with van der Waals surface area (Å²) in [6.45, 7) is 6.18. The van der Waals surface area contributed by atoms with Crippen molar-refractivity contribution >= 4 is 17.8 Å². The summed E-state index contributed by atoms with van der Waals surface area (Å²) in [7, 11) is 0. The second kappa shape index (κ2) is 4.40. The first-order valence-corrected chi connectivity index (χ1v) is 5.96. The molecule has 2 rings (SSSR count). The van der Waals surface area contributed by atoms with E-state index in [0.29, 0.717) is 11.4 Å². The standard InChI is InChI=1S/C13H17N3O2/c1-13(2,3)12-9(14-7-15-12)6-8-10(17)4-5-11(18)16-8/h6-7H,4-5H2,1-3H3,(H,14,15)(H,16,18)/b8-6-. The normalized spacial score (nSPS) is 19.2. The van der Waals surface area contributed by atoms with Crippen LogP contribution in [-0.2, 0) is 15.0 Å². The van der Waals surface area contributed by atoms with Crippen LogP contribution in [0.15, 0.2) is 12.0 Å². The Morgan fingerprint density at radius 1 is 1.28 bits per heavy atom. The zero-order chi connectivity index (χ0) is 13.3. The summed E-state index contributed by atoms with van der Waals surface area (Å²) >= 11 is 0. The third-order valence-electron chi connectivity index (χ3n) is 2.85. The van der Waals surface area contributed by atoms with E-state index in [1.165, 1.54) is 0 Å². The maximum absolute atomic E-state index is 11.7. The van der Waals surface area contributed by atoms with Gasteiger partial charge in [0.15, 0.2) is 5.78 Å².